The van der Waals surface area contributed by atoms with Crippen LogP contribution in [0, 0.1) is 10.1 Å². The molecule has 0 bridgehead atoms. The van der Waals surface area contributed by atoms with Crippen molar-refractivity contribution in [3.05, 3.63) is 46.1 Å². The van der Waals surface area contributed by atoms with E-state index in [-0.39, 0.29) is 11.5 Å². The molecule has 20 heavy (non-hydrogen) atoms. The zero-order chi connectivity index (χ0) is 14.7. The Hall–Kier alpha value is -2.74. The number of nitro benzene ring substituents is 1. The van der Waals surface area contributed by atoms with Crippen LogP contribution in [0.5, 0.6) is 0 Å². The molecule has 1 aromatic carbocycles. The number of benzene rings is 1. The fourth-order valence-corrected chi connectivity index (χ4v) is 1.59. The first-order valence-electron chi connectivity index (χ1n) is 5.78. The van der Waals surface area contributed by atoms with Crippen molar-refractivity contribution in [2.75, 3.05) is 5.73 Å². The van der Waals surface area contributed by atoms with Crippen molar-refractivity contribution >= 4 is 23.4 Å². The van der Waals surface area contributed by atoms with Crippen LogP contribution in [0.4, 0.5) is 17.2 Å². The van der Waals surface area contributed by atoms with Gasteiger partial charge in [0.1, 0.15) is 11.9 Å². The minimum atomic E-state index is -0.835. The Balaban J connectivity index is 2.19. The first kappa shape index (κ1) is 13.7. The number of anilines is 1. The molecule has 0 aliphatic rings. The van der Waals surface area contributed by atoms with Crippen molar-refractivity contribution < 1.29 is 10.0 Å². The summed E-state index contributed by atoms with van der Waals surface area (Å²) >= 11 is 0. The van der Waals surface area contributed by atoms with Crippen molar-refractivity contribution in [2.45, 2.75) is 13.2 Å². The van der Waals surface area contributed by atoms with Gasteiger partial charge in [-0.25, -0.2) is 4.68 Å². The van der Waals surface area contributed by atoms with Crippen LogP contribution in [0.25, 0.3) is 0 Å². The van der Waals surface area contributed by atoms with E-state index in [0.29, 0.717) is 11.3 Å². The number of nitrogens with zero attached hydrogens (tertiary/aromatic N) is 4. The third-order valence-electron chi connectivity index (χ3n) is 2.62. The van der Waals surface area contributed by atoms with Gasteiger partial charge < -0.3 is 10.8 Å². The van der Waals surface area contributed by atoms with Crippen LogP contribution in [-0.4, -0.2) is 26.0 Å². The number of nitrogens with two attached hydrogens (primary N) is 1. The fraction of sp³-hybridized carbons (Fsp3) is 0.167. The van der Waals surface area contributed by atoms with Crippen molar-refractivity contribution in [3.8, 4) is 0 Å². The Labute approximate surface area is 114 Å². The lowest BCUT2D eigenvalue weighted by molar-refractivity contribution is -0.384. The molecule has 0 radical (unpaired) electrons. The average molecular weight is 275 g/mol. The van der Waals surface area contributed by atoms with Crippen LogP contribution in [0.1, 0.15) is 18.7 Å². The number of aromatic nitrogens is 2. The van der Waals surface area contributed by atoms with E-state index in [4.69, 9.17) is 5.73 Å². The number of rotatable bonds is 4. The minimum Gasteiger partial charge on any atom is -0.382 e. The Kier molecular flexibility index (Phi) is 3.76. The number of aliphatic imine (C=N–C) groups is 1. The van der Waals surface area contributed by atoms with Crippen LogP contribution in [0.3, 0.4) is 0 Å². The van der Waals surface area contributed by atoms with Gasteiger partial charge in [-0.1, -0.05) is 0 Å². The molecule has 0 saturated carbocycles. The number of hydrogen-bond donors (Lipinski definition) is 2. The maximum atomic E-state index is 10.5. The number of nitrogen functional groups attached to an aromatic ring is 1. The SMILES string of the molecule is CC(O)n1ncc(/N=C/c2ccc([N+](=O)[O-])cc2)c1N. The molecule has 2 aromatic rings. The van der Waals surface area contributed by atoms with Crippen LogP contribution in [0.2, 0.25) is 0 Å². The summed E-state index contributed by atoms with van der Waals surface area (Å²) < 4.78 is 1.24. The van der Waals surface area contributed by atoms with Crippen molar-refractivity contribution in [1.29, 1.82) is 0 Å². The van der Waals surface area contributed by atoms with E-state index in [1.54, 1.807) is 12.1 Å². The molecule has 2 rings (SSSR count). The molecule has 1 heterocycles. The van der Waals surface area contributed by atoms with Gasteiger partial charge in [0.15, 0.2) is 5.82 Å². The minimum absolute atomic E-state index is 0.0172. The van der Waals surface area contributed by atoms with Crippen LogP contribution < -0.4 is 5.73 Å². The number of hydrogen-bond acceptors (Lipinski definition) is 6. The van der Waals surface area contributed by atoms with Gasteiger partial charge in [-0.15, -0.1) is 0 Å². The molecule has 1 aromatic heterocycles. The van der Waals surface area contributed by atoms with Gasteiger partial charge in [-0.3, -0.25) is 15.1 Å². The lowest BCUT2D eigenvalue weighted by Gasteiger charge is -2.05. The zero-order valence-electron chi connectivity index (χ0n) is 10.7. The molecular weight excluding hydrogens is 262 g/mol. The molecule has 0 saturated heterocycles. The summed E-state index contributed by atoms with van der Waals surface area (Å²) in [6.07, 6.45) is 2.12. The van der Waals surface area contributed by atoms with Gasteiger partial charge in [-0.2, -0.15) is 5.10 Å². The van der Waals surface area contributed by atoms with Gasteiger partial charge in [0.25, 0.3) is 5.69 Å². The Morgan fingerprint density at radius 2 is 2.15 bits per heavy atom. The third kappa shape index (κ3) is 2.81. The van der Waals surface area contributed by atoms with E-state index in [0.717, 1.165) is 0 Å². The first-order chi connectivity index (χ1) is 9.49. The average Bonchev–Trinajstić information content (AvgIpc) is 2.78. The highest BCUT2D eigenvalue weighted by molar-refractivity contribution is 5.83. The Morgan fingerprint density at radius 1 is 1.50 bits per heavy atom. The van der Waals surface area contributed by atoms with E-state index in [2.05, 4.69) is 10.1 Å². The normalized spacial score (nSPS) is 12.7. The number of aliphatic hydroxyl groups is 1. The number of aliphatic hydroxyl groups excluding tert-OH is 1. The second-order valence-electron chi connectivity index (χ2n) is 4.10. The second kappa shape index (κ2) is 5.49. The van der Waals surface area contributed by atoms with E-state index in [9.17, 15) is 15.2 Å². The lowest BCUT2D eigenvalue weighted by atomic mass is 10.2. The molecule has 1 unspecified atom stereocenters. The van der Waals surface area contributed by atoms with Crippen molar-refractivity contribution in [3.63, 3.8) is 0 Å². The number of non-ortho nitro benzene ring substituents is 1. The van der Waals surface area contributed by atoms with Gasteiger partial charge in [0.05, 0.1) is 11.1 Å². The summed E-state index contributed by atoms with van der Waals surface area (Å²) in [5, 5.41) is 23.8. The molecule has 8 heteroatoms. The lowest BCUT2D eigenvalue weighted by Crippen LogP contribution is -2.08. The maximum absolute atomic E-state index is 10.5. The topological polar surface area (TPSA) is 120 Å². The first-order valence-corrected chi connectivity index (χ1v) is 5.78. The number of nitro groups is 1. The molecule has 104 valence electrons. The molecular formula is C12H13N5O3. The summed E-state index contributed by atoms with van der Waals surface area (Å²) in [7, 11) is 0. The Bertz CT molecular complexity index is 646. The molecule has 0 aliphatic carbocycles. The van der Waals surface area contributed by atoms with Gasteiger partial charge in [0, 0.05) is 18.3 Å². The largest absolute Gasteiger partial charge is 0.382 e. The quantitative estimate of drug-likeness (QED) is 0.499. The van der Waals surface area contributed by atoms with Crippen molar-refractivity contribution in [1.82, 2.24) is 9.78 Å². The predicted octanol–water partition coefficient (Wildman–Crippen LogP) is 1.63. The smallest absolute Gasteiger partial charge is 0.269 e. The fourth-order valence-electron chi connectivity index (χ4n) is 1.59. The van der Waals surface area contributed by atoms with Gasteiger partial charge in [-0.05, 0) is 24.6 Å². The van der Waals surface area contributed by atoms with Gasteiger partial charge in [0.2, 0.25) is 0 Å². The van der Waals surface area contributed by atoms with E-state index in [1.807, 2.05) is 0 Å². The van der Waals surface area contributed by atoms with E-state index < -0.39 is 11.2 Å². The van der Waals surface area contributed by atoms with Crippen LogP contribution >= 0.6 is 0 Å². The molecule has 0 fully saturated rings. The zero-order valence-corrected chi connectivity index (χ0v) is 10.7. The van der Waals surface area contributed by atoms with Crippen LogP contribution in [0.15, 0.2) is 35.5 Å². The third-order valence-corrected chi connectivity index (χ3v) is 2.62. The van der Waals surface area contributed by atoms with Gasteiger partial charge >= 0.3 is 0 Å². The monoisotopic (exact) mass is 275 g/mol. The highest BCUT2D eigenvalue weighted by Gasteiger charge is 2.09. The standard InChI is InChI=1S/C12H13N5O3/c1-8(18)16-12(13)11(7-15-16)14-6-9-2-4-10(5-3-9)17(19)20/h2-8,18H,13H2,1H3/b14-6+. The molecule has 1 atom stereocenters. The summed E-state index contributed by atoms with van der Waals surface area (Å²) in [5.74, 6) is 0.248. The molecule has 8 nitrogen and oxygen atoms in total. The van der Waals surface area contributed by atoms with E-state index in [1.165, 1.54) is 36.1 Å². The predicted molar refractivity (Wildman–Crippen MR) is 73.9 cm³/mol. The van der Waals surface area contributed by atoms with Crippen LogP contribution in [-0.2, 0) is 0 Å². The van der Waals surface area contributed by atoms with Crippen molar-refractivity contribution in [2.24, 2.45) is 4.99 Å². The second-order valence-corrected chi connectivity index (χ2v) is 4.10. The Morgan fingerprint density at radius 3 is 2.65 bits per heavy atom. The molecule has 0 amide bonds. The molecule has 0 spiro atoms. The maximum Gasteiger partial charge on any atom is 0.269 e. The summed E-state index contributed by atoms with van der Waals surface area (Å²) in [4.78, 5) is 14.2. The molecule has 0 aliphatic heterocycles. The highest BCUT2D eigenvalue weighted by atomic mass is 16.6. The summed E-state index contributed by atoms with van der Waals surface area (Å²) in [6.45, 7) is 1.53. The van der Waals surface area contributed by atoms with E-state index >= 15 is 0 Å². The molecule has 3 N–H and O–H groups in total. The highest BCUT2D eigenvalue weighted by Crippen LogP contribution is 2.23. The summed E-state index contributed by atoms with van der Waals surface area (Å²) in [5.41, 5.74) is 6.90. The summed E-state index contributed by atoms with van der Waals surface area (Å²) in [6, 6.07) is 5.95.